The Hall–Kier alpha value is -1.47. The second-order valence-corrected chi connectivity index (χ2v) is 7.09. The van der Waals surface area contributed by atoms with Gasteiger partial charge in [0.1, 0.15) is 21.1 Å². The summed E-state index contributed by atoms with van der Waals surface area (Å²) < 4.78 is 35.5. The molecule has 0 aromatic heterocycles. The Bertz CT molecular complexity index is 588. The average Bonchev–Trinajstić information content (AvgIpc) is 2.33. The Kier molecular flexibility index (Phi) is 5.24. The molecule has 5 nitrogen and oxygen atoms in total. The molecule has 1 atom stereocenters. The Morgan fingerprint density at radius 2 is 2.10 bits per heavy atom. The number of sulfone groups is 1. The van der Waals surface area contributed by atoms with Gasteiger partial charge in [-0.2, -0.15) is 0 Å². The van der Waals surface area contributed by atoms with E-state index in [0.29, 0.717) is 0 Å². The van der Waals surface area contributed by atoms with Gasteiger partial charge >= 0.3 is 5.97 Å². The van der Waals surface area contributed by atoms with Crippen molar-refractivity contribution in [1.29, 1.82) is 0 Å². The van der Waals surface area contributed by atoms with E-state index in [1.165, 1.54) is 18.2 Å². The molecular formula is C13H18FNO4S. The van der Waals surface area contributed by atoms with Gasteiger partial charge < -0.3 is 10.8 Å². The second-order valence-electron chi connectivity index (χ2n) is 4.84. The van der Waals surface area contributed by atoms with Crippen molar-refractivity contribution in [3.05, 3.63) is 35.6 Å². The maximum Gasteiger partial charge on any atom is 0.315 e. The normalized spacial score (nSPS) is 14.8. The first-order valence-corrected chi connectivity index (χ1v) is 8.14. The maximum atomic E-state index is 13.3. The third-order valence-electron chi connectivity index (χ3n) is 3.25. The zero-order valence-electron chi connectivity index (χ0n) is 11.2. The van der Waals surface area contributed by atoms with Crippen LogP contribution in [0.1, 0.15) is 18.4 Å². The highest BCUT2D eigenvalue weighted by Gasteiger charge is 2.39. The van der Waals surface area contributed by atoms with Crippen molar-refractivity contribution < 1.29 is 22.7 Å². The standard InChI is InChI=1S/C13H18FNO4S/c1-20(18,19)7-3-6-13(9-15,12(16)17)10-4-2-5-11(14)8-10/h2,4-5,8H,3,6-7,9,15H2,1H3,(H,16,17). The van der Waals surface area contributed by atoms with Crippen molar-refractivity contribution in [2.24, 2.45) is 5.73 Å². The van der Waals surface area contributed by atoms with Crippen LogP contribution in [0, 0.1) is 5.82 Å². The predicted octanol–water partition coefficient (Wildman–Crippen LogP) is 0.932. The van der Waals surface area contributed by atoms with Crippen molar-refractivity contribution in [2.45, 2.75) is 18.3 Å². The molecule has 0 amide bonds. The van der Waals surface area contributed by atoms with Gasteiger partial charge in [-0.25, -0.2) is 12.8 Å². The van der Waals surface area contributed by atoms with Crippen LogP contribution in [0.3, 0.4) is 0 Å². The largest absolute Gasteiger partial charge is 0.481 e. The number of aliphatic carboxylic acids is 1. The molecule has 0 spiro atoms. The number of carboxylic acids is 1. The van der Waals surface area contributed by atoms with E-state index in [-0.39, 0.29) is 30.7 Å². The highest BCUT2D eigenvalue weighted by molar-refractivity contribution is 7.90. The Labute approximate surface area is 117 Å². The van der Waals surface area contributed by atoms with Crippen LogP contribution in [0.4, 0.5) is 4.39 Å². The van der Waals surface area contributed by atoms with Gasteiger partial charge in [-0.15, -0.1) is 0 Å². The fraction of sp³-hybridized carbons (Fsp3) is 0.462. The van der Waals surface area contributed by atoms with Crippen LogP contribution in [-0.4, -0.2) is 38.0 Å². The molecule has 1 rings (SSSR count). The van der Waals surface area contributed by atoms with Crippen LogP contribution >= 0.6 is 0 Å². The fourth-order valence-corrected chi connectivity index (χ4v) is 2.77. The Morgan fingerprint density at radius 3 is 2.55 bits per heavy atom. The predicted molar refractivity (Wildman–Crippen MR) is 73.7 cm³/mol. The molecule has 0 heterocycles. The number of hydrogen-bond acceptors (Lipinski definition) is 4. The van der Waals surface area contributed by atoms with Gasteiger partial charge in [-0.05, 0) is 30.5 Å². The lowest BCUT2D eigenvalue weighted by atomic mass is 9.77. The summed E-state index contributed by atoms with van der Waals surface area (Å²) in [7, 11) is -3.18. The third-order valence-corrected chi connectivity index (χ3v) is 4.28. The van der Waals surface area contributed by atoms with E-state index in [2.05, 4.69) is 0 Å². The van der Waals surface area contributed by atoms with Gasteiger partial charge in [-0.1, -0.05) is 12.1 Å². The van der Waals surface area contributed by atoms with Crippen LogP contribution in [-0.2, 0) is 20.0 Å². The summed E-state index contributed by atoms with van der Waals surface area (Å²) in [6, 6.07) is 5.24. The number of benzene rings is 1. The lowest BCUT2D eigenvalue weighted by Gasteiger charge is -2.28. The van der Waals surface area contributed by atoms with Crippen LogP contribution < -0.4 is 5.73 Å². The lowest BCUT2D eigenvalue weighted by Crippen LogP contribution is -2.43. The van der Waals surface area contributed by atoms with Gasteiger partial charge in [-0.3, -0.25) is 4.79 Å². The van der Waals surface area contributed by atoms with Gasteiger partial charge in [0.05, 0.1) is 0 Å². The summed E-state index contributed by atoms with van der Waals surface area (Å²) >= 11 is 0. The first kappa shape index (κ1) is 16.6. The summed E-state index contributed by atoms with van der Waals surface area (Å²) in [5.41, 5.74) is 4.37. The zero-order valence-corrected chi connectivity index (χ0v) is 12.0. The molecule has 0 radical (unpaired) electrons. The average molecular weight is 303 g/mol. The molecule has 0 aliphatic heterocycles. The van der Waals surface area contributed by atoms with Crippen molar-refractivity contribution in [3.63, 3.8) is 0 Å². The highest BCUT2D eigenvalue weighted by atomic mass is 32.2. The molecule has 1 aromatic carbocycles. The molecule has 0 saturated heterocycles. The summed E-state index contributed by atoms with van der Waals surface area (Å²) in [5.74, 6) is -1.86. The Morgan fingerprint density at radius 1 is 1.45 bits per heavy atom. The minimum Gasteiger partial charge on any atom is -0.481 e. The molecule has 0 aliphatic rings. The van der Waals surface area contributed by atoms with Crippen molar-refractivity contribution in [3.8, 4) is 0 Å². The zero-order chi connectivity index (χ0) is 15.4. The molecule has 1 unspecified atom stereocenters. The van der Waals surface area contributed by atoms with Gasteiger partial charge in [0, 0.05) is 18.6 Å². The SMILES string of the molecule is CS(=O)(=O)CCCC(CN)(C(=O)O)c1cccc(F)c1. The van der Waals surface area contributed by atoms with Gasteiger partial charge in [0.15, 0.2) is 0 Å². The minimum atomic E-state index is -3.18. The maximum absolute atomic E-state index is 13.3. The van der Waals surface area contributed by atoms with Crippen LogP contribution in [0.25, 0.3) is 0 Å². The number of carbonyl (C=O) groups is 1. The van der Waals surface area contributed by atoms with Crippen molar-refractivity contribution in [1.82, 2.24) is 0 Å². The van der Waals surface area contributed by atoms with Gasteiger partial charge in [0.2, 0.25) is 0 Å². The molecule has 0 bridgehead atoms. The van der Waals surface area contributed by atoms with Gasteiger partial charge in [0.25, 0.3) is 0 Å². The van der Waals surface area contributed by atoms with Crippen LogP contribution in [0.5, 0.6) is 0 Å². The van der Waals surface area contributed by atoms with E-state index < -0.39 is 27.0 Å². The second kappa shape index (κ2) is 6.32. The minimum absolute atomic E-state index is 0.0371. The molecular weight excluding hydrogens is 285 g/mol. The van der Waals surface area contributed by atoms with E-state index in [1.807, 2.05) is 0 Å². The summed E-state index contributed by atoms with van der Waals surface area (Å²) in [6.45, 7) is -0.227. The topological polar surface area (TPSA) is 97.5 Å². The highest BCUT2D eigenvalue weighted by Crippen LogP contribution is 2.29. The molecule has 3 N–H and O–H groups in total. The number of halogens is 1. The first-order valence-electron chi connectivity index (χ1n) is 6.08. The number of rotatable bonds is 7. The molecule has 0 fully saturated rings. The molecule has 7 heteroatoms. The molecule has 20 heavy (non-hydrogen) atoms. The molecule has 0 saturated carbocycles. The van der Waals surface area contributed by atoms with E-state index >= 15 is 0 Å². The number of hydrogen-bond donors (Lipinski definition) is 2. The van der Waals surface area contributed by atoms with E-state index in [9.17, 15) is 22.7 Å². The monoisotopic (exact) mass is 303 g/mol. The smallest absolute Gasteiger partial charge is 0.315 e. The molecule has 0 aliphatic carbocycles. The van der Waals surface area contributed by atoms with Crippen LogP contribution in [0.2, 0.25) is 0 Å². The lowest BCUT2D eigenvalue weighted by molar-refractivity contribution is -0.143. The number of nitrogens with two attached hydrogens (primary N) is 1. The summed E-state index contributed by atoms with van der Waals surface area (Å²) in [6.07, 6.45) is 1.27. The summed E-state index contributed by atoms with van der Waals surface area (Å²) in [5, 5.41) is 9.45. The fourth-order valence-electron chi connectivity index (χ4n) is 2.10. The van der Waals surface area contributed by atoms with E-state index in [0.717, 1.165) is 12.3 Å². The van der Waals surface area contributed by atoms with Crippen molar-refractivity contribution >= 4 is 15.8 Å². The quantitative estimate of drug-likeness (QED) is 0.781. The van der Waals surface area contributed by atoms with E-state index in [4.69, 9.17) is 5.73 Å². The van der Waals surface area contributed by atoms with Crippen molar-refractivity contribution in [2.75, 3.05) is 18.6 Å². The first-order chi connectivity index (χ1) is 9.21. The Balaban J connectivity index is 3.07. The molecule has 112 valence electrons. The third kappa shape index (κ3) is 4.01. The number of carboxylic acid groups (broad SMARTS) is 1. The summed E-state index contributed by atoms with van der Waals surface area (Å²) in [4.78, 5) is 11.6. The van der Waals surface area contributed by atoms with Crippen LogP contribution in [0.15, 0.2) is 24.3 Å². The van der Waals surface area contributed by atoms with E-state index in [1.54, 1.807) is 0 Å². The molecule has 1 aromatic rings.